The Morgan fingerprint density at radius 2 is 1.69 bits per heavy atom. The van der Waals surface area contributed by atoms with Gasteiger partial charge >= 0.3 is 0 Å². The van der Waals surface area contributed by atoms with E-state index < -0.39 is 0 Å². The molecule has 0 fully saturated rings. The summed E-state index contributed by atoms with van der Waals surface area (Å²) in [5.74, 6) is 0. The Kier molecular flexibility index (Phi) is 4.54. The molecule has 0 radical (unpaired) electrons. The van der Waals surface area contributed by atoms with Crippen molar-refractivity contribution in [1.29, 1.82) is 0 Å². The van der Waals surface area contributed by atoms with E-state index in [1.165, 1.54) is 9.13 Å². The maximum absolute atomic E-state index is 6.30. The Morgan fingerprint density at radius 3 is 2.31 bits per heavy atom. The average Bonchev–Trinajstić information content (AvgIpc) is 2.19. The van der Waals surface area contributed by atoms with Crippen LogP contribution in [0.5, 0.6) is 0 Å². The van der Waals surface area contributed by atoms with Crippen molar-refractivity contribution in [3.63, 3.8) is 0 Å². The van der Waals surface area contributed by atoms with Crippen molar-refractivity contribution < 1.29 is 0 Å². The topological polar surface area (TPSA) is 0 Å². The van der Waals surface area contributed by atoms with Crippen LogP contribution in [0, 0.1) is 7.14 Å². The fourth-order valence-corrected chi connectivity index (χ4v) is 4.54. The number of benzene rings is 2. The Labute approximate surface area is 135 Å². The molecule has 0 aliphatic rings. The lowest BCUT2D eigenvalue weighted by Gasteiger charge is -2.10. The Bertz CT molecular complexity index is 517. The van der Waals surface area contributed by atoms with Gasteiger partial charge in [-0.2, -0.15) is 0 Å². The first-order chi connectivity index (χ1) is 7.59. The first kappa shape index (κ1) is 13.1. The minimum Gasteiger partial charge on any atom is -0.0836 e. The predicted molar refractivity (Wildman–Crippen MR) is 90.0 cm³/mol. The summed E-state index contributed by atoms with van der Waals surface area (Å²) >= 11 is 14.4. The molecule has 0 saturated carbocycles. The van der Waals surface area contributed by atoms with Gasteiger partial charge in [0.25, 0.3) is 0 Å². The molecule has 2 aromatic carbocycles. The van der Waals surface area contributed by atoms with Crippen LogP contribution in [0.3, 0.4) is 0 Å². The van der Waals surface area contributed by atoms with Gasteiger partial charge in [0.1, 0.15) is 0 Å². The number of rotatable bonds is 1. The van der Waals surface area contributed by atoms with Crippen LogP contribution in [0.1, 0.15) is 0 Å². The summed E-state index contributed by atoms with van der Waals surface area (Å²) < 4.78 is 3.37. The molecule has 0 N–H and O–H groups in total. The Morgan fingerprint density at radius 1 is 1.00 bits per heavy atom. The molecule has 16 heavy (non-hydrogen) atoms. The van der Waals surface area contributed by atoms with Crippen LogP contribution in [-0.4, -0.2) is 0 Å². The normalized spacial score (nSPS) is 10.5. The summed E-state index contributed by atoms with van der Waals surface area (Å²) in [4.78, 5) is 0. The van der Waals surface area contributed by atoms with E-state index in [1.807, 2.05) is 18.2 Å². The van der Waals surface area contributed by atoms with Gasteiger partial charge < -0.3 is 0 Å². The quantitative estimate of drug-likeness (QED) is 0.407. The molecule has 0 nitrogen and oxygen atoms in total. The second-order valence-corrected chi connectivity index (χ2v) is 6.87. The van der Waals surface area contributed by atoms with Gasteiger partial charge in [-0.15, -0.1) is 0 Å². The Hall–Kier alpha value is 0.670. The molecule has 0 aliphatic carbocycles. The van der Waals surface area contributed by atoms with Crippen LogP contribution < -0.4 is 0 Å². The largest absolute Gasteiger partial charge is 0.0836 e. The lowest BCUT2D eigenvalue weighted by atomic mass is 10.1. The third-order valence-corrected chi connectivity index (χ3v) is 4.70. The zero-order chi connectivity index (χ0) is 11.7. The lowest BCUT2D eigenvalue weighted by Crippen LogP contribution is -1.88. The highest BCUT2D eigenvalue weighted by atomic mass is 127. The van der Waals surface area contributed by atoms with E-state index in [2.05, 4.69) is 79.3 Å². The molecule has 0 aromatic heterocycles. The number of halogens is 4. The highest BCUT2D eigenvalue weighted by molar-refractivity contribution is 14.1. The molecule has 0 amide bonds. The second kappa shape index (κ2) is 5.54. The van der Waals surface area contributed by atoms with E-state index in [0.717, 1.165) is 18.6 Å². The number of hydrogen-bond acceptors (Lipinski definition) is 0. The fourth-order valence-electron chi connectivity index (χ4n) is 1.46. The van der Waals surface area contributed by atoms with Gasteiger partial charge in [0.15, 0.2) is 0 Å². The van der Waals surface area contributed by atoms with Gasteiger partial charge in [-0.3, -0.25) is 0 Å². The Balaban J connectivity index is 2.70. The van der Waals surface area contributed by atoms with Gasteiger partial charge in [-0.1, -0.05) is 45.7 Å². The zero-order valence-corrected chi connectivity index (χ0v) is 14.6. The molecule has 0 atom stereocenters. The van der Waals surface area contributed by atoms with Crippen LogP contribution >= 0.6 is 72.7 Å². The van der Waals surface area contributed by atoms with Crippen LogP contribution in [-0.2, 0) is 0 Å². The van der Waals surface area contributed by atoms with E-state index in [4.69, 9.17) is 11.6 Å². The third kappa shape index (κ3) is 2.73. The van der Waals surface area contributed by atoms with Crippen molar-refractivity contribution in [2.45, 2.75) is 0 Å². The van der Waals surface area contributed by atoms with Crippen LogP contribution in [0.2, 0.25) is 5.02 Å². The molecule has 0 bridgehead atoms. The standard InChI is InChI=1S/C12H6BrClI2/c13-7-5-9(14)12(11(16)6-7)8-3-1-2-4-10(8)15/h1-6H. The van der Waals surface area contributed by atoms with Crippen molar-refractivity contribution in [3.8, 4) is 11.1 Å². The van der Waals surface area contributed by atoms with Crippen LogP contribution in [0.4, 0.5) is 0 Å². The van der Waals surface area contributed by atoms with Crippen molar-refractivity contribution in [3.05, 3.63) is 53.0 Å². The molecule has 2 aromatic rings. The van der Waals surface area contributed by atoms with E-state index in [1.54, 1.807) is 0 Å². The number of hydrogen-bond donors (Lipinski definition) is 0. The summed E-state index contributed by atoms with van der Waals surface area (Å²) in [6.45, 7) is 0. The van der Waals surface area contributed by atoms with Crippen molar-refractivity contribution >= 4 is 72.7 Å². The maximum Gasteiger partial charge on any atom is 0.0506 e. The smallest absolute Gasteiger partial charge is 0.0506 e. The summed E-state index contributed by atoms with van der Waals surface area (Å²) in [5.41, 5.74) is 2.29. The first-order valence-electron chi connectivity index (χ1n) is 4.49. The minimum absolute atomic E-state index is 0.780. The minimum atomic E-state index is 0.780. The summed E-state index contributed by atoms with van der Waals surface area (Å²) in [6, 6.07) is 12.3. The van der Waals surface area contributed by atoms with Gasteiger partial charge in [-0.25, -0.2) is 0 Å². The van der Waals surface area contributed by atoms with Crippen molar-refractivity contribution in [2.75, 3.05) is 0 Å². The average molecular weight is 519 g/mol. The molecular weight excluding hydrogens is 513 g/mol. The van der Waals surface area contributed by atoms with Crippen LogP contribution in [0.25, 0.3) is 11.1 Å². The van der Waals surface area contributed by atoms with Crippen molar-refractivity contribution in [1.82, 2.24) is 0 Å². The zero-order valence-electron chi connectivity index (χ0n) is 7.98. The van der Waals surface area contributed by atoms with Crippen LogP contribution in [0.15, 0.2) is 40.9 Å². The molecule has 82 valence electrons. The molecule has 4 heteroatoms. The van der Waals surface area contributed by atoms with Crippen molar-refractivity contribution in [2.24, 2.45) is 0 Å². The highest BCUT2D eigenvalue weighted by Gasteiger charge is 2.11. The molecular formula is C12H6BrClI2. The molecule has 0 unspecified atom stereocenters. The molecule has 0 spiro atoms. The summed E-state index contributed by atoms with van der Waals surface area (Å²) in [6.07, 6.45) is 0. The van der Waals surface area contributed by atoms with Gasteiger partial charge in [0.05, 0.1) is 5.02 Å². The van der Waals surface area contributed by atoms with E-state index in [0.29, 0.717) is 0 Å². The first-order valence-corrected chi connectivity index (χ1v) is 7.82. The molecule has 0 heterocycles. The lowest BCUT2D eigenvalue weighted by molar-refractivity contribution is 1.53. The SMILES string of the molecule is Clc1cc(Br)cc(I)c1-c1ccccc1I. The molecule has 0 aliphatic heterocycles. The molecule has 2 rings (SSSR count). The maximum atomic E-state index is 6.30. The predicted octanol–water partition coefficient (Wildman–Crippen LogP) is 5.98. The fraction of sp³-hybridized carbons (Fsp3) is 0. The third-order valence-electron chi connectivity index (χ3n) is 2.15. The molecule has 0 saturated heterocycles. The van der Waals surface area contributed by atoms with E-state index in [-0.39, 0.29) is 0 Å². The monoisotopic (exact) mass is 518 g/mol. The van der Waals surface area contributed by atoms with Gasteiger partial charge in [0, 0.05) is 17.2 Å². The second-order valence-electron chi connectivity index (χ2n) is 3.22. The summed E-state index contributed by atoms with van der Waals surface area (Å²) in [7, 11) is 0. The van der Waals surface area contributed by atoms with E-state index in [9.17, 15) is 0 Å². The van der Waals surface area contributed by atoms with E-state index >= 15 is 0 Å². The van der Waals surface area contributed by atoms with Gasteiger partial charge in [0.2, 0.25) is 0 Å². The summed E-state index contributed by atoms with van der Waals surface area (Å²) in [5, 5.41) is 0.780. The highest BCUT2D eigenvalue weighted by Crippen LogP contribution is 2.37. The van der Waals surface area contributed by atoms with Gasteiger partial charge in [-0.05, 0) is 68.9 Å².